The fourth-order valence-electron chi connectivity index (χ4n) is 1.47. The summed E-state index contributed by atoms with van der Waals surface area (Å²) < 4.78 is 41.0. The summed E-state index contributed by atoms with van der Waals surface area (Å²) in [6.45, 7) is 1.69. The van der Waals surface area contributed by atoms with Gasteiger partial charge in [-0.05, 0) is 25.1 Å². The van der Waals surface area contributed by atoms with E-state index in [1.165, 1.54) is 18.3 Å². The minimum absolute atomic E-state index is 0.101. The second kappa shape index (κ2) is 4.54. The molecule has 0 saturated heterocycles. The first-order chi connectivity index (χ1) is 8.79. The molecule has 0 aliphatic rings. The fraction of sp³-hybridized carbons (Fsp3) is 0.182. The van der Waals surface area contributed by atoms with Crippen LogP contribution in [0, 0.1) is 12.7 Å². The molecule has 19 heavy (non-hydrogen) atoms. The Hall–Kier alpha value is -2.09. The Bertz CT molecular complexity index is 705. The van der Waals surface area contributed by atoms with E-state index in [9.17, 15) is 12.8 Å². The molecule has 0 spiro atoms. The Morgan fingerprint density at radius 2 is 2.11 bits per heavy atom. The van der Waals surface area contributed by atoms with E-state index in [0.717, 1.165) is 6.07 Å². The van der Waals surface area contributed by atoms with Crippen molar-refractivity contribution in [3.63, 3.8) is 0 Å². The average molecular weight is 284 g/mol. The van der Waals surface area contributed by atoms with E-state index in [-0.39, 0.29) is 16.4 Å². The first-order valence-corrected chi connectivity index (χ1v) is 6.86. The van der Waals surface area contributed by atoms with Crippen LogP contribution in [-0.2, 0) is 17.1 Å². The number of rotatable bonds is 3. The molecule has 2 aromatic rings. The molecule has 2 rings (SSSR count). The summed E-state index contributed by atoms with van der Waals surface area (Å²) in [4.78, 5) is 3.93. The summed E-state index contributed by atoms with van der Waals surface area (Å²) in [5.74, 6) is -0.0318. The maximum atomic E-state index is 13.0. The molecule has 1 aromatic carbocycles. The van der Waals surface area contributed by atoms with E-state index in [4.69, 9.17) is 5.73 Å². The monoisotopic (exact) mass is 284 g/mol. The molecule has 0 unspecified atom stereocenters. The van der Waals surface area contributed by atoms with Crippen molar-refractivity contribution in [2.24, 2.45) is 7.05 Å². The van der Waals surface area contributed by atoms with E-state index in [1.54, 1.807) is 18.5 Å². The van der Waals surface area contributed by atoms with Gasteiger partial charge in [0.05, 0.1) is 11.4 Å². The van der Waals surface area contributed by atoms with Crippen LogP contribution in [0.4, 0.5) is 15.8 Å². The molecular formula is C11H13FN4O2S. The topological polar surface area (TPSA) is 90.0 Å². The molecule has 6 nitrogen and oxygen atoms in total. The van der Waals surface area contributed by atoms with Crippen molar-refractivity contribution in [1.29, 1.82) is 0 Å². The average Bonchev–Trinajstić information content (AvgIpc) is 2.65. The van der Waals surface area contributed by atoms with Gasteiger partial charge in [0.2, 0.25) is 0 Å². The van der Waals surface area contributed by atoms with Crippen molar-refractivity contribution in [2.75, 3.05) is 10.5 Å². The number of aromatic nitrogens is 2. The van der Waals surface area contributed by atoms with Gasteiger partial charge in [0.25, 0.3) is 10.0 Å². The predicted molar refractivity (Wildman–Crippen MR) is 69.6 cm³/mol. The van der Waals surface area contributed by atoms with Gasteiger partial charge in [-0.25, -0.2) is 9.37 Å². The van der Waals surface area contributed by atoms with E-state index in [2.05, 4.69) is 9.71 Å². The van der Waals surface area contributed by atoms with Crippen molar-refractivity contribution in [3.8, 4) is 0 Å². The lowest BCUT2D eigenvalue weighted by molar-refractivity contribution is 0.598. The highest BCUT2D eigenvalue weighted by atomic mass is 32.2. The lowest BCUT2D eigenvalue weighted by atomic mass is 10.3. The van der Waals surface area contributed by atoms with Gasteiger partial charge in [0.1, 0.15) is 11.6 Å². The van der Waals surface area contributed by atoms with Crippen LogP contribution in [-0.4, -0.2) is 18.0 Å². The number of hydrogen-bond donors (Lipinski definition) is 2. The largest absolute Gasteiger partial charge is 0.396 e. The summed E-state index contributed by atoms with van der Waals surface area (Å²) in [6.07, 6.45) is 1.39. The molecular weight excluding hydrogens is 271 g/mol. The van der Waals surface area contributed by atoms with Gasteiger partial charge in [-0.15, -0.1) is 0 Å². The Kier molecular flexibility index (Phi) is 3.19. The second-order valence-corrected chi connectivity index (χ2v) is 5.71. The van der Waals surface area contributed by atoms with Crippen LogP contribution in [0.1, 0.15) is 5.82 Å². The molecule has 3 N–H and O–H groups in total. The molecule has 0 aliphatic heterocycles. The lowest BCUT2D eigenvalue weighted by Gasteiger charge is -2.06. The Morgan fingerprint density at radius 1 is 1.42 bits per heavy atom. The summed E-state index contributed by atoms with van der Waals surface area (Å²) in [5, 5.41) is -0.101. The predicted octanol–water partition coefficient (Wildman–Crippen LogP) is 1.25. The lowest BCUT2D eigenvalue weighted by Crippen LogP contribution is -2.13. The third-order valence-electron chi connectivity index (χ3n) is 2.61. The van der Waals surface area contributed by atoms with Crippen molar-refractivity contribution < 1.29 is 12.8 Å². The quantitative estimate of drug-likeness (QED) is 0.830. The Balaban J connectivity index is 2.33. The number of anilines is 2. The fourth-order valence-corrected chi connectivity index (χ4v) is 2.56. The standard InChI is InChI=1S/C11H13FN4O2S/c1-7-14-11(6-16(7)2)19(17,18)15-8-3-4-9(12)10(13)5-8/h3-6,15H,13H2,1-2H3. The maximum Gasteiger partial charge on any atom is 0.280 e. The highest BCUT2D eigenvalue weighted by molar-refractivity contribution is 7.92. The molecule has 0 radical (unpaired) electrons. The number of sulfonamides is 1. The number of nitrogen functional groups attached to an aromatic ring is 1. The zero-order chi connectivity index (χ0) is 14.2. The number of hydrogen-bond acceptors (Lipinski definition) is 4. The summed E-state index contributed by atoms with van der Waals surface area (Å²) in [7, 11) is -2.11. The zero-order valence-corrected chi connectivity index (χ0v) is 11.2. The first kappa shape index (κ1) is 13.3. The molecule has 0 amide bonds. The number of benzene rings is 1. The van der Waals surface area contributed by atoms with Gasteiger partial charge in [-0.3, -0.25) is 4.72 Å². The number of halogens is 1. The van der Waals surface area contributed by atoms with E-state index in [0.29, 0.717) is 5.82 Å². The molecule has 0 fully saturated rings. The molecule has 102 valence electrons. The number of imidazole rings is 1. The highest BCUT2D eigenvalue weighted by Crippen LogP contribution is 2.19. The van der Waals surface area contributed by atoms with Crippen LogP contribution in [0.25, 0.3) is 0 Å². The van der Waals surface area contributed by atoms with Crippen LogP contribution < -0.4 is 10.5 Å². The van der Waals surface area contributed by atoms with Crippen LogP contribution in [0.2, 0.25) is 0 Å². The SMILES string of the molecule is Cc1nc(S(=O)(=O)Nc2ccc(F)c(N)c2)cn1C. The van der Waals surface area contributed by atoms with Crippen molar-refractivity contribution in [1.82, 2.24) is 9.55 Å². The summed E-state index contributed by atoms with van der Waals surface area (Å²) >= 11 is 0. The van der Waals surface area contributed by atoms with Gasteiger partial charge in [-0.1, -0.05) is 0 Å². The number of aryl methyl sites for hydroxylation is 2. The molecule has 0 bridgehead atoms. The molecule has 1 aromatic heterocycles. The Morgan fingerprint density at radius 3 is 2.63 bits per heavy atom. The molecule has 0 atom stereocenters. The van der Waals surface area contributed by atoms with E-state index < -0.39 is 15.8 Å². The van der Waals surface area contributed by atoms with Crippen LogP contribution in [0.3, 0.4) is 0 Å². The molecule has 0 saturated carbocycles. The Labute approximate surface area is 110 Å². The minimum Gasteiger partial charge on any atom is -0.396 e. The normalized spacial score (nSPS) is 11.5. The van der Waals surface area contributed by atoms with Gasteiger partial charge >= 0.3 is 0 Å². The molecule has 8 heteroatoms. The van der Waals surface area contributed by atoms with Gasteiger partial charge in [0, 0.05) is 13.2 Å². The van der Waals surface area contributed by atoms with Crippen molar-refractivity contribution in [2.45, 2.75) is 11.9 Å². The maximum absolute atomic E-state index is 13.0. The number of nitrogens with two attached hydrogens (primary N) is 1. The molecule has 1 heterocycles. The summed E-state index contributed by atoms with van der Waals surface area (Å²) in [5.41, 5.74) is 5.43. The first-order valence-electron chi connectivity index (χ1n) is 5.37. The number of nitrogens with one attached hydrogen (secondary N) is 1. The second-order valence-electron chi connectivity index (χ2n) is 4.08. The van der Waals surface area contributed by atoms with Crippen molar-refractivity contribution >= 4 is 21.4 Å². The minimum atomic E-state index is -3.80. The van der Waals surface area contributed by atoms with Gasteiger partial charge in [0.15, 0.2) is 5.03 Å². The highest BCUT2D eigenvalue weighted by Gasteiger charge is 2.18. The van der Waals surface area contributed by atoms with E-state index >= 15 is 0 Å². The summed E-state index contributed by atoms with van der Waals surface area (Å²) in [6, 6.07) is 3.60. The third-order valence-corrected chi connectivity index (χ3v) is 3.86. The van der Waals surface area contributed by atoms with E-state index in [1.807, 2.05) is 0 Å². The van der Waals surface area contributed by atoms with Crippen LogP contribution in [0.5, 0.6) is 0 Å². The number of nitrogens with zero attached hydrogens (tertiary/aromatic N) is 2. The smallest absolute Gasteiger partial charge is 0.280 e. The van der Waals surface area contributed by atoms with Gasteiger partial charge < -0.3 is 10.3 Å². The van der Waals surface area contributed by atoms with Crippen LogP contribution >= 0.6 is 0 Å². The van der Waals surface area contributed by atoms with Crippen LogP contribution in [0.15, 0.2) is 29.4 Å². The zero-order valence-electron chi connectivity index (χ0n) is 10.4. The van der Waals surface area contributed by atoms with Crippen molar-refractivity contribution in [3.05, 3.63) is 36.0 Å². The van der Waals surface area contributed by atoms with Gasteiger partial charge in [-0.2, -0.15) is 8.42 Å². The third kappa shape index (κ3) is 2.68. The molecule has 0 aliphatic carbocycles.